The molecular weight excluding hydrogens is 176 g/mol. The molecule has 0 aromatic heterocycles. The van der Waals surface area contributed by atoms with Crippen molar-refractivity contribution in [3.8, 4) is 11.8 Å². The van der Waals surface area contributed by atoms with E-state index in [1.807, 2.05) is 4.90 Å². The van der Waals surface area contributed by atoms with Gasteiger partial charge in [-0.25, -0.2) is 0 Å². The van der Waals surface area contributed by atoms with Gasteiger partial charge in [-0.3, -0.25) is 4.79 Å². The lowest BCUT2D eigenvalue weighted by atomic mass is 9.95. The molecule has 78 valence electrons. The van der Waals surface area contributed by atoms with Crippen LogP contribution in [0.25, 0.3) is 0 Å². The fourth-order valence-electron chi connectivity index (χ4n) is 1.91. The molecule has 1 unspecified atom stereocenters. The van der Waals surface area contributed by atoms with Crippen LogP contribution in [0.15, 0.2) is 0 Å². The zero-order valence-corrected chi connectivity index (χ0v) is 8.75. The van der Waals surface area contributed by atoms with E-state index in [1.54, 1.807) is 6.92 Å². The second kappa shape index (κ2) is 5.66. The summed E-state index contributed by atoms with van der Waals surface area (Å²) < 4.78 is 0. The lowest BCUT2D eigenvalue weighted by Crippen LogP contribution is -2.39. The number of nitrogens with two attached hydrogens (primary N) is 1. The highest BCUT2D eigenvalue weighted by molar-refractivity contribution is 5.93. The summed E-state index contributed by atoms with van der Waals surface area (Å²) in [4.78, 5) is 13.3. The molecule has 0 saturated carbocycles. The topological polar surface area (TPSA) is 46.3 Å². The third kappa shape index (κ3) is 3.04. The first-order chi connectivity index (χ1) is 6.77. The highest BCUT2D eigenvalue weighted by Crippen LogP contribution is 2.18. The number of carbonyl (C=O) groups is 1. The first-order valence-corrected chi connectivity index (χ1v) is 5.19. The van der Waals surface area contributed by atoms with Crippen LogP contribution in [0, 0.1) is 17.8 Å². The molecule has 1 fully saturated rings. The van der Waals surface area contributed by atoms with Gasteiger partial charge in [0.15, 0.2) is 0 Å². The van der Waals surface area contributed by atoms with Crippen molar-refractivity contribution in [3.63, 3.8) is 0 Å². The molecule has 1 rings (SSSR count). The fraction of sp³-hybridized carbons (Fsp3) is 0.727. The van der Waals surface area contributed by atoms with Crippen molar-refractivity contribution < 1.29 is 4.79 Å². The second-order valence-corrected chi connectivity index (χ2v) is 3.71. The van der Waals surface area contributed by atoms with E-state index >= 15 is 0 Å². The van der Waals surface area contributed by atoms with Gasteiger partial charge in [0.1, 0.15) is 0 Å². The molecule has 1 aliphatic rings. The SMILES string of the molecule is CC#CC(=O)N1CCCC(CCN)C1. The van der Waals surface area contributed by atoms with Crippen LogP contribution in [0.1, 0.15) is 26.2 Å². The van der Waals surface area contributed by atoms with E-state index in [0.717, 1.165) is 25.9 Å². The lowest BCUT2D eigenvalue weighted by Gasteiger charge is -2.31. The van der Waals surface area contributed by atoms with Gasteiger partial charge in [0, 0.05) is 13.1 Å². The maximum Gasteiger partial charge on any atom is 0.298 e. The Morgan fingerprint density at radius 2 is 2.43 bits per heavy atom. The van der Waals surface area contributed by atoms with Crippen LogP contribution in [-0.4, -0.2) is 30.4 Å². The molecule has 3 nitrogen and oxygen atoms in total. The molecule has 1 heterocycles. The fourth-order valence-corrected chi connectivity index (χ4v) is 1.91. The van der Waals surface area contributed by atoms with Gasteiger partial charge >= 0.3 is 0 Å². The quantitative estimate of drug-likeness (QED) is 0.654. The summed E-state index contributed by atoms with van der Waals surface area (Å²) in [5, 5.41) is 0. The Morgan fingerprint density at radius 3 is 3.07 bits per heavy atom. The molecule has 0 bridgehead atoms. The molecule has 0 spiro atoms. The Kier molecular flexibility index (Phi) is 4.48. The van der Waals surface area contributed by atoms with Crippen LogP contribution in [0.2, 0.25) is 0 Å². The van der Waals surface area contributed by atoms with Gasteiger partial charge in [-0.1, -0.05) is 5.92 Å². The average molecular weight is 194 g/mol. The minimum Gasteiger partial charge on any atom is -0.332 e. The minimum absolute atomic E-state index is 0.0331. The van der Waals surface area contributed by atoms with Gasteiger partial charge in [0.2, 0.25) is 0 Å². The van der Waals surface area contributed by atoms with Gasteiger partial charge in [-0.2, -0.15) is 0 Å². The van der Waals surface area contributed by atoms with Crippen molar-refractivity contribution in [1.82, 2.24) is 4.90 Å². The molecule has 1 saturated heterocycles. The van der Waals surface area contributed by atoms with Crippen LogP contribution >= 0.6 is 0 Å². The summed E-state index contributed by atoms with van der Waals surface area (Å²) in [6, 6.07) is 0. The van der Waals surface area contributed by atoms with Gasteiger partial charge in [-0.15, -0.1) is 0 Å². The van der Waals surface area contributed by atoms with E-state index in [0.29, 0.717) is 12.5 Å². The van der Waals surface area contributed by atoms with E-state index in [4.69, 9.17) is 5.73 Å². The average Bonchev–Trinajstić information content (AvgIpc) is 2.19. The molecular formula is C11H18N2O. The van der Waals surface area contributed by atoms with E-state index in [9.17, 15) is 4.79 Å². The molecule has 3 heteroatoms. The number of likely N-dealkylation sites (tertiary alicyclic amines) is 1. The van der Waals surface area contributed by atoms with Crippen LogP contribution in [0.4, 0.5) is 0 Å². The smallest absolute Gasteiger partial charge is 0.298 e. The normalized spacial score (nSPS) is 21.3. The Morgan fingerprint density at radius 1 is 1.64 bits per heavy atom. The highest BCUT2D eigenvalue weighted by Gasteiger charge is 2.21. The summed E-state index contributed by atoms with van der Waals surface area (Å²) in [6.45, 7) is 4.10. The number of rotatable bonds is 2. The second-order valence-electron chi connectivity index (χ2n) is 3.71. The van der Waals surface area contributed by atoms with E-state index < -0.39 is 0 Å². The summed E-state index contributed by atoms with van der Waals surface area (Å²) in [5.41, 5.74) is 5.51. The summed E-state index contributed by atoms with van der Waals surface area (Å²) in [5.74, 6) is 5.78. The largest absolute Gasteiger partial charge is 0.332 e. The Hall–Kier alpha value is -1.01. The Bertz CT molecular complexity index is 250. The molecule has 1 atom stereocenters. The van der Waals surface area contributed by atoms with Crippen molar-refractivity contribution in [2.45, 2.75) is 26.2 Å². The predicted molar refractivity (Wildman–Crippen MR) is 56.4 cm³/mol. The first-order valence-electron chi connectivity index (χ1n) is 5.19. The Labute approximate surface area is 85.6 Å². The molecule has 0 aromatic rings. The van der Waals surface area contributed by atoms with Crippen molar-refractivity contribution >= 4 is 5.91 Å². The van der Waals surface area contributed by atoms with E-state index in [-0.39, 0.29) is 5.91 Å². The van der Waals surface area contributed by atoms with Crippen LogP contribution < -0.4 is 5.73 Å². The van der Waals surface area contributed by atoms with Crippen LogP contribution in [-0.2, 0) is 4.79 Å². The molecule has 0 aromatic carbocycles. The van der Waals surface area contributed by atoms with E-state index in [1.165, 1.54) is 6.42 Å². The predicted octanol–water partition coefficient (Wildman–Crippen LogP) is 0.597. The number of amides is 1. The molecule has 14 heavy (non-hydrogen) atoms. The molecule has 1 amide bonds. The number of carbonyl (C=O) groups excluding carboxylic acids is 1. The number of nitrogens with zero attached hydrogens (tertiary/aromatic N) is 1. The summed E-state index contributed by atoms with van der Waals surface area (Å²) in [7, 11) is 0. The van der Waals surface area contributed by atoms with Gasteiger partial charge in [0.05, 0.1) is 0 Å². The zero-order valence-electron chi connectivity index (χ0n) is 8.75. The van der Waals surface area contributed by atoms with E-state index in [2.05, 4.69) is 11.8 Å². The van der Waals surface area contributed by atoms with Gasteiger partial charge in [0.25, 0.3) is 5.91 Å². The summed E-state index contributed by atoms with van der Waals surface area (Å²) in [6.07, 6.45) is 3.30. The monoisotopic (exact) mass is 194 g/mol. The van der Waals surface area contributed by atoms with Crippen LogP contribution in [0.3, 0.4) is 0 Å². The molecule has 1 aliphatic heterocycles. The van der Waals surface area contributed by atoms with Crippen molar-refractivity contribution in [3.05, 3.63) is 0 Å². The minimum atomic E-state index is -0.0331. The molecule has 2 N–H and O–H groups in total. The molecule has 0 radical (unpaired) electrons. The maximum absolute atomic E-state index is 11.5. The Balaban J connectivity index is 2.45. The van der Waals surface area contributed by atoms with Gasteiger partial charge < -0.3 is 10.6 Å². The zero-order chi connectivity index (χ0) is 10.4. The standard InChI is InChI=1S/C11H18N2O/c1-2-4-11(14)13-8-3-5-10(9-13)6-7-12/h10H,3,5-9,12H2,1H3. The van der Waals surface area contributed by atoms with Crippen LogP contribution in [0.5, 0.6) is 0 Å². The summed E-state index contributed by atoms with van der Waals surface area (Å²) >= 11 is 0. The van der Waals surface area contributed by atoms with Crippen molar-refractivity contribution in [1.29, 1.82) is 0 Å². The third-order valence-electron chi connectivity index (χ3n) is 2.61. The maximum atomic E-state index is 11.5. The van der Waals surface area contributed by atoms with Gasteiger partial charge in [-0.05, 0) is 44.6 Å². The van der Waals surface area contributed by atoms with Crippen molar-refractivity contribution in [2.24, 2.45) is 11.7 Å². The highest BCUT2D eigenvalue weighted by atomic mass is 16.2. The lowest BCUT2D eigenvalue weighted by molar-refractivity contribution is -0.126. The molecule has 0 aliphatic carbocycles. The number of piperidine rings is 1. The number of hydrogen-bond acceptors (Lipinski definition) is 2. The van der Waals surface area contributed by atoms with Crippen molar-refractivity contribution in [2.75, 3.05) is 19.6 Å². The third-order valence-corrected chi connectivity index (χ3v) is 2.61. The first kappa shape index (κ1) is 11.1. The number of hydrogen-bond donors (Lipinski definition) is 1.